The minimum atomic E-state index is -1.06. The van der Waals surface area contributed by atoms with Crippen molar-refractivity contribution in [1.82, 2.24) is 4.98 Å². The van der Waals surface area contributed by atoms with Gasteiger partial charge in [-0.1, -0.05) is 6.07 Å². The minimum Gasteiger partial charge on any atom is -0.506 e. The molecule has 0 saturated carbocycles. The second kappa shape index (κ2) is 4.14. The number of carboxylic acids is 1. The summed E-state index contributed by atoms with van der Waals surface area (Å²) < 4.78 is 0. The lowest BCUT2D eigenvalue weighted by Crippen LogP contribution is -1.95. The summed E-state index contributed by atoms with van der Waals surface area (Å²) in [6.07, 6.45) is 1.54. The summed E-state index contributed by atoms with van der Waals surface area (Å²) in [6, 6.07) is 6.06. The van der Waals surface area contributed by atoms with Crippen LogP contribution in [0.2, 0.25) is 0 Å². The molecule has 15 heavy (non-hydrogen) atoms. The number of aromatic carboxylic acids is 1. The summed E-state index contributed by atoms with van der Waals surface area (Å²) in [5, 5.41) is 18.8. The number of halogens is 1. The third-order valence-electron chi connectivity index (χ3n) is 1.93. The normalized spacial score (nSPS) is 9.60. The van der Waals surface area contributed by atoms with Crippen LogP contribution in [0.1, 0.15) is 10.4 Å². The number of carbonyl (C=O) groups is 1. The number of aromatic nitrogens is 1. The van der Waals surface area contributed by atoms with Crippen LogP contribution >= 0.6 is 12.4 Å². The van der Waals surface area contributed by atoms with Crippen molar-refractivity contribution in [2.45, 2.75) is 0 Å². The van der Waals surface area contributed by atoms with E-state index in [1.807, 2.05) is 0 Å². The summed E-state index contributed by atoms with van der Waals surface area (Å²) in [7, 11) is 0. The molecule has 5 heteroatoms. The number of phenolic OH excluding ortho intramolecular Hbond substituents is 1. The largest absolute Gasteiger partial charge is 0.506 e. The van der Waals surface area contributed by atoms with Crippen molar-refractivity contribution >= 4 is 29.3 Å². The first-order valence-corrected chi connectivity index (χ1v) is 3.99. The molecule has 4 nitrogen and oxygen atoms in total. The van der Waals surface area contributed by atoms with Crippen LogP contribution in [0.4, 0.5) is 0 Å². The molecule has 1 aromatic carbocycles. The lowest BCUT2D eigenvalue weighted by molar-refractivity contribution is 0.0696. The fourth-order valence-corrected chi connectivity index (χ4v) is 1.30. The quantitative estimate of drug-likeness (QED) is 0.779. The van der Waals surface area contributed by atoms with E-state index in [9.17, 15) is 9.90 Å². The van der Waals surface area contributed by atoms with Crippen LogP contribution in [-0.2, 0) is 0 Å². The van der Waals surface area contributed by atoms with Gasteiger partial charge in [0.25, 0.3) is 0 Å². The molecule has 2 aromatic rings. The molecule has 0 atom stereocenters. The molecule has 0 aliphatic heterocycles. The van der Waals surface area contributed by atoms with Gasteiger partial charge in [0.2, 0.25) is 0 Å². The molecule has 0 fully saturated rings. The van der Waals surface area contributed by atoms with Crippen LogP contribution in [0.15, 0.2) is 30.5 Å². The minimum absolute atomic E-state index is 0. The van der Waals surface area contributed by atoms with Crippen LogP contribution in [0.3, 0.4) is 0 Å². The first-order valence-electron chi connectivity index (χ1n) is 3.99. The summed E-state index contributed by atoms with van der Waals surface area (Å²) >= 11 is 0. The molecule has 2 N–H and O–H groups in total. The van der Waals surface area contributed by atoms with Crippen molar-refractivity contribution in [2.75, 3.05) is 0 Å². The van der Waals surface area contributed by atoms with Crippen LogP contribution in [0.5, 0.6) is 5.75 Å². The van der Waals surface area contributed by atoms with Crippen LogP contribution in [0, 0.1) is 0 Å². The Bertz CT molecular complexity index is 513. The van der Waals surface area contributed by atoms with Gasteiger partial charge in [0.05, 0.1) is 5.56 Å². The molecule has 0 aliphatic rings. The summed E-state index contributed by atoms with van der Waals surface area (Å²) in [5.74, 6) is -1.17. The number of benzene rings is 1. The van der Waals surface area contributed by atoms with Crippen molar-refractivity contribution in [2.24, 2.45) is 0 Å². The van der Waals surface area contributed by atoms with Crippen molar-refractivity contribution < 1.29 is 15.0 Å². The van der Waals surface area contributed by atoms with Crippen LogP contribution < -0.4 is 0 Å². The van der Waals surface area contributed by atoms with Gasteiger partial charge in [0, 0.05) is 11.6 Å². The number of carboxylic acid groups (broad SMARTS) is 1. The van der Waals surface area contributed by atoms with E-state index in [1.54, 1.807) is 18.3 Å². The number of hydrogen-bond donors (Lipinski definition) is 2. The highest BCUT2D eigenvalue weighted by Gasteiger charge is 2.08. The molecule has 1 aromatic heterocycles. The number of aromatic hydroxyl groups is 1. The van der Waals surface area contributed by atoms with E-state index in [-0.39, 0.29) is 23.7 Å². The molecule has 0 saturated heterocycles. The smallest absolute Gasteiger partial charge is 0.335 e. The molecule has 0 amide bonds. The third kappa shape index (κ3) is 1.99. The van der Waals surface area contributed by atoms with Gasteiger partial charge in [-0.15, -0.1) is 12.4 Å². The van der Waals surface area contributed by atoms with E-state index in [0.717, 1.165) is 0 Å². The lowest BCUT2D eigenvalue weighted by atomic mass is 10.1. The maximum absolute atomic E-state index is 10.7. The van der Waals surface area contributed by atoms with Gasteiger partial charge in [0.15, 0.2) is 0 Å². The standard InChI is InChI=1S/C10H7NO3.ClH/c12-8-5-7(10(13)14)4-6-2-1-3-11-9(6)8;/h1-5,12H,(H,13,14);1H. The fraction of sp³-hybridized carbons (Fsp3) is 0. The SMILES string of the molecule is Cl.O=C(O)c1cc(O)c2ncccc2c1. The highest BCUT2D eigenvalue weighted by Crippen LogP contribution is 2.23. The first-order chi connectivity index (χ1) is 6.68. The monoisotopic (exact) mass is 225 g/mol. The van der Waals surface area contributed by atoms with Gasteiger partial charge in [-0.3, -0.25) is 4.98 Å². The number of fused-ring (bicyclic) bond motifs is 1. The van der Waals surface area contributed by atoms with Crippen molar-refractivity contribution in [3.05, 3.63) is 36.0 Å². The average molecular weight is 226 g/mol. The first kappa shape index (κ1) is 11.3. The van der Waals surface area contributed by atoms with E-state index in [1.165, 1.54) is 12.1 Å². The molecule has 0 bridgehead atoms. The number of rotatable bonds is 1. The van der Waals surface area contributed by atoms with E-state index in [4.69, 9.17) is 5.11 Å². The zero-order valence-corrected chi connectivity index (χ0v) is 8.36. The van der Waals surface area contributed by atoms with Crippen LogP contribution in [0.25, 0.3) is 10.9 Å². The summed E-state index contributed by atoms with van der Waals surface area (Å²) in [4.78, 5) is 14.6. The van der Waals surface area contributed by atoms with Gasteiger partial charge < -0.3 is 10.2 Å². The van der Waals surface area contributed by atoms with E-state index >= 15 is 0 Å². The maximum atomic E-state index is 10.7. The number of phenols is 1. The lowest BCUT2D eigenvalue weighted by Gasteiger charge is -2.01. The van der Waals surface area contributed by atoms with Gasteiger partial charge in [-0.25, -0.2) is 4.79 Å². The van der Waals surface area contributed by atoms with Crippen LogP contribution in [-0.4, -0.2) is 21.2 Å². The number of hydrogen-bond acceptors (Lipinski definition) is 3. The summed E-state index contributed by atoms with van der Waals surface area (Å²) in [6.45, 7) is 0. The molecule has 0 radical (unpaired) electrons. The number of nitrogens with zero attached hydrogens (tertiary/aromatic N) is 1. The van der Waals surface area contributed by atoms with Crippen molar-refractivity contribution in [3.8, 4) is 5.75 Å². The topological polar surface area (TPSA) is 70.4 Å². The Balaban J connectivity index is 0.00000112. The molecular formula is C10H8ClNO3. The van der Waals surface area contributed by atoms with Gasteiger partial charge in [-0.05, 0) is 18.2 Å². The Morgan fingerprint density at radius 2 is 2.07 bits per heavy atom. The Labute approximate surface area is 91.6 Å². The maximum Gasteiger partial charge on any atom is 0.335 e. The number of pyridine rings is 1. The predicted octanol–water partition coefficient (Wildman–Crippen LogP) is 2.06. The fourth-order valence-electron chi connectivity index (χ4n) is 1.30. The molecule has 0 unspecified atom stereocenters. The van der Waals surface area contributed by atoms with Gasteiger partial charge in [-0.2, -0.15) is 0 Å². The Kier molecular flexibility index (Phi) is 3.11. The predicted molar refractivity (Wildman–Crippen MR) is 57.6 cm³/mol. The molecular weight excluding hydrogens is 218 g/mol. The Morgan fingerprint density at radius 1 is 1.33 bits per heavy atom. The molecule has 2 rings (SSSR count). The summed E-state index contributed by atoms with van der Waals surface area (Å²) in [5.41, 5.74) is 0.473. The van der Waals surface area contributed by atoms with E-state index in [2.05, 4.69) is 4.98 Å². The Morgan fingerprint density at radius 3 is 2.73 bits per heavy atom. The highest BCUT2D eigenvalue weighted by atomic mass is 35.5. The molecule has 0 aliphatic carbocycles. The second-order valence-electron chi connectivity index (χ2n) is 2.88. The van der Waals surface area contributed by atoms with Gasteiger partial charge in [0.1, 0.15) is 11.3 Å². The van der Waals surface area contributed by atoms with Crippen molar-refractivity contribution in [1.29, 1.82) is 0 Å². The second-order valence-corrected chi connectivity index (χ2v) is 2.88. The molecule has 78 valence electrons. The van der Waals surface area contributed by atoms with E-state index < -0.39 is 5.97 Å². The zero-order chi connectivity index (χ0) is 10.1. The molecule has 0 spiro atoms. The van der Waals surface area contributed by atoms with Gasteiger partial charge >= 0.3 is 5.97 Å². The zero-order valence-electron chi connectivity index (χ0n) is 7.54. The van der Waals surface area contributed by atoms with Crippen molar-refractivity contribution in [3.63, 3.8) is 0 Å². The highest BCUT2D eigenvalue weighted by molar-refractivity contribution is 5.95. The third-order valence-corrected chi connectivity index (χ3v) is 1.93. The Hall–Kier alpha value is -1.81. The average Bonchev–Trinajstić information content (AvgIpc) is 2.17. The molecule has 1 heterocycles. The van der Waals surface area contributed by atoms with E-state index in [0.29, 0.717) is 10.9 Å².